The lowest BCUT2D eigenvalue weighted by Gasteiger charge is -2.27. The molecule has 5 nitrogen and oxygen atoms in total. The molecule has 0 spiro atoms. The summed E-state index contributed by atoms with van der Waals surface area (Å²) in [6.07, 6.45) is 5.47. The van der Waals surface area contributed by atoms with E-state index in [1.54, 1.807) is 20.0 Å². The van der Waals surface area contributed by atoms with Gasteiger partial charge in [0.05, 0.1) is 6.04 Å². The van der Waals surface area contributed by atoms with Crippen LogP contribution in [0, 0.1) is 0 Å². The Balaban J connectivity index is 2.80. The number of carbonyl (C=O) groups excluding carboxylic acids is 1. The van der Waals surface area contributed by atoms with Crippen molar-refractivity contribution in [3.05, 3.63) is 18.2 Å². The Hall–Kier alpha value is -1.36. The number of hydrogen-bond donors (Lipinski definition) is 1. The number of hydrogen-bond acceptors (Lipinski definition) is 3. The summed E-state index contributed by atoms with van der Waals surface area (Å²) in [5, 5.41) is 3.04. The molecule has 0 bridgehead atoms. The summed E-state index contributed by atoms with van der Waals surface area (Å²) in [5.74, 6) is 0.776. The normalized spacial score (nSPS) is 13.3. The minimum absolute atomic E-state index is 0.0720. The molecule has 1 heterocycles. The van der Waals surface area contributed by atoms with E-state index in [0.717, 1.165) is 18.7 Å². The van der Waals surface area contributed by atoms with Crippen LogP contribution in [0.15, 0.2) is 12.4 Å². The van der Waals surface area contributed by atoms with Crippen molar-refractivity contribution in [2.24, 2.45) is 7.05 Å². The van der Waals surface area contributed by atoms with Crippen LogP contribution in [0.4, 0.5) is 0 Å². The predicted octanol–water partition coefficient (Wildman–Crippen LogP) is 2.19. The highest BCUT2D eigenvalue weighted by atomic mass is 16.5. The summed E-state index contributed by atoms with van der Waals surface area (Å²) in [4.78, 5) is 16.6. The van der Waals surface area contributed by atoms with Gasteiger partial charge in [0, 0.05) is 26.0 Å². The number of rotatable bonds is 7. The molecule has 108 valence electrons. The molecule has 0 unspecified atom stereocenters. The molecular formula is C14H25N3O2. The Morgan fingerprint density at radius 1 is 1.53 bits per heavy atom. The third-order valence-electron chi connectivity index (χ3n) is 3.10. The van der Waals surface area contributed by atoms with Gasteiger partial charge in [-0.25, -0.2) is 4.98 Å². The molecule has 0 aliphatic carbocycles. The zero-order valence-corrected chi connectivity index (χ0v) is 12.6. The lowest BCUT2D eigenvalue weighted by atomic mass is 10.1. The van der Waals surface area contributed by atoms with Crippen LogP contribution in [0.1, 0.15) is 52.4 Å². The van der Waals surface area contributed by atoms with Crippen LogP contribution in [0.25, 0.3) is 0 Å². The van der Waals surface area contributed by atoms with Crippen LogP contribution < -0.4 is 5.32 Å². The van der Waals surface area contributed by atoms with Gasteiger partial charge < -0.3 is 14.6 Å². The largest absolute Gasteiger partial charge is 0.366 e. The Morgan fingerprint density at radius 3 is 2.68 bits per heavy atom. The molecule has 1 N–H and O–H groups in total. The van der Waals surface area contributed by atoms with Gasteiger partial charge >= 0.3 is 0 Å². The third kappa shape index (κ3) is 4.06. The fraction of sp³-hybridized carbons (Fsp3) is 0.714. The highest BCUT2D eigenvalue weighted by molar-refractivity contribution is 5.84. The van der Waals surface area contributed by atoms with Gasteiger partial charge in [-0.2, -0.15) is 0 Å². The number of imidazole rings is 1. The second kappa shape index (κ2) is 6.70. The summed E-state index contributed by atoms with van der Waals surface area (Å²) in [6, 6.07) is -0.0720. The molecule has 0 saturated carbocycles. The van der Waals surface area contributed by atoms with Gasteiger partial charge in [-0.3, -0.25) is 4.79 Å². The maximum Gasteiger partial charge on any atom is 0.252 e. The summed E-state index contributed by atoms with van der Waals surface area (Å²) in [5.41, 5.74) is -0.814. The van der Waals surface area contributed by atoms with Gasteiger partial charge in [-0.15, -0.1) is 0 Å². The first-order chi connectivity index (χ1) is 8.92. The first-order valence-corrected chi connectivity index (χ1v) is 6.84. The van der Waals surface area contributed by atoms with Gasteiger partial charge in [0.15, 0.2) is 0 Å². The Bertz CT molecular complexity index is 413. The summed E-state index contributed by atoms with van der Waals surface area (Å²) >= 11 is 0. The first-order valence-electron chi connectivity index (χ1n) is 6.84. The van der Waals surface area contributed by atoms with Crippen LogP contribution >= 0.6 is 0 Å². The fourth-order valence-electron chi connectivity index (χ4n) is 2.03. The highest BCUT2D eigenvalue weighted by Crippen LogP contribution is 2.18. The average molecular weight is 267 g/mol. The SMILES string of the molecule is CCC[C@H](NC(=O)C(C)(C)OCC)c1nccn1C. The van der Waals surface area contributed by atoms with Crippen molar-refractivity contribution in [2.45, 2.75) is 52.2 Å². The Morgan fingerprint density at radius 2 is 2.21 bits per heavy atom. The standard InChI is InChI=1S/C14H25N3O2/c1-6-8-11(12-15-9-10-17(12)5)16-13(18)14(3,4)19-7-2/h9-11H,6-8H2,1-5H3,(H,16,18)/t11-/m0/s1. The zero-order valence-electron chi connectivity index (χ0n) is 12.6. The quantitative estimate of drug-likeness (QED) is 0.824. The van der Waals surface area contributed by atoms with E-state index >= 15 is 0 Å². The first kappa shape index (κ1) is 15.7. The van der Waals surface area contributed by atoms with Gasteiger partial charge in [0.25, 0.3) is 5.91 Å². The van der Waals surface area contributed by atoms with E-state index in [0.29, 0.717) is 6.61 Å². The maximum atomic E-state index is 12.3. The smallest absolute Gasteiger partial charge is 0.252 e. The topological polar surface area (TPSA) is 56.1 Å². The van der Waals surface area contributed by atoms with Gasteiger partial charge in [-0.1, -0.05) is 13.3 Å². The lowest BCUT2D eigenvalue weighted by molar-refractivity contribution is -0.143. The summed E-state index contributed by atoms with van der Waals surface area (Å²) in [6.45, 7) is 8.06. The second-order valence-electron chi connectivity index (χ2n) is 5.15. The molecule has 0 aliphatic rings. The van der Waals surface area contributed by atoms with Crippen molar-refractivity contribution in [1.82, 2.24) is 14.9 Å². The van der Waals surface area contributed by atoms with Gasteiger partial charge in [0.2, 0.25) is 0 Å². The zero-order chi connectivity index (χ0) is 14.5. The van der Waals surface area contributed by atoms with Crippen molar-refractivity contribution in [3.8, 4) is 0 Å². The van der Waals surface area contributed by atoms with Crippen LogP contribution in [0.5, 0.6) is 0 Å². The average Bonchev–Trinajstić information content (AvgIpc) is 2.74. The van der Waals surface area contributed by atoms with Crippen LogP contribution in [-0.2, 0) is 16.6 Å². The minimum atomic E-state index is -0.814. The molecule has 1 aromatic rings. The van der Waals surface area contributed by atoms with Crippen LogP contribution in [-0.4, -0.2) is 27.7 Å². The molecule has 1 rings (SSSR count). The molecule has 1 aromatic heterocycles. The van der Waals surface area contributed by atoms with E-state index in [9.17, 15) is 4.79 Å². The number of ether oxygens (including phenoxy) is 1. The highest BCUT2D eigenvalue weighted by Gasteiger charge is 2.30. The predicted molar refractivity (Wildman–Crippen MR) is 74.7 cm³/mol. The van der Waals surface area contributed by atoms with E-state index in [-0.39, 0.29) is 11.9 Å². The lowest BCUT2D eigenvalue weighted by Crippen LogP contribution is -2.46. The van der Waals surface area contributed by atoms with E-state index < -0.39 is 5.60 Å². The number of amides is 1. The number of nitrogens with zero attached hydrogens (tertiary/aromatic N) is 2. The number of aromatic nitrogens is 2. The van der Waals surface area contributed by atoms with Crippen LogP contribution in [0.2, 0.25) is 0 Å². The van der Waals surface area contributed by atoms with E-state index in [2.05, 4.69) is 17.2 Å². The molecule has 0 aliphatic heterocycles. The van der Waals surface area contributed by atoms with Crippen molar-refractivity contribution in [2.75, 3.05) is 6.61 Å². The van der Waals surface area contributed by atoms with E-state index in [1.165, 1.54) is 0 Å². The number of carbonyl (C=O) groups is 1. The monoisotopic (exact) mass is 267 g/mol. The van der Waals surface area contributed by atoms with Crippen molar-refractivity contribution in [1.29, 1.82) is 0 Å². The van der Waals surface area contributed by atoms with Gasteiger partial charge in [0.1, 0.15) is 11.4 Å². The van der Waals surface area contributed by atoms with Crippen molar-refractivity contribution >= 4 is 5.91 Å². The number of nitrogens with one attached hydrogen (secondary N) is 1. The van der Waals surface area contributed by atoms with Gasteiger partial charge in [-0.05, 0) is 27.2 Å². The van der Waals surface area contributed by atoms with E-state index in [4.69, 9.17) is 4.74 Å². The van der Waals surface area contributed by atoms with E-state index in [1.807, 2.05) is 24.7 Å². The molecule has 1 atom stereocenters. The molecule has 0 aromatic carbocycles. The molecule has 0 fully saturated rings. The minimum Gasteiger partial charge on any atom is -0.366 e. The van der Waals surface area contributed by atoms with Crippen LogP contribution in [0.3, 0.4) is 0 Å². The molecule has 1 amide bonds. The fourth-order valence-corrected chi connectivity index (χ4v) is 2.03. The maximum absolute atomic E-state index is 12.3. The second-order valence-corrected chi connectivity index (χ2v) is 5.15. The van der Waals surface area contributed by atoms with Crippen molar-refractivity contribution < 1.29 is 9.53 Å². The Labute approximate surface area is 115 Å². The molecule has 19 heavy (non-hydrogen) atoms. The third-order valence-corrected chi connectivity index (χ3v) is 3.10. The molecule has 0 saturated heterocycles. The summed E-state index contributed by atoms with van der Waals surface area (Å²) in [7, 11) is 1.94. The Kier molecular flexibility index (Phi) is 5.54. The molecule has 5 heteroatoms. The molecule has 0 radical (unpaired) electrons. The molecular weight excluding hydrogens is 242 g/mol. The number of aryl methyl sites for hydroxylation is 1. The van der Waals surface area contributed by atoms with Crippen molar-refractivity contribution in [3.63, 3.8) is 0 Å². The summed E-state index contributed by atoms with van der Waals surface area (Å²) < 4.78 is 7.42.